The van der Waals surface area contributed by atoms with Gasteiger partial charge in [0.15, 0.2) is 0 Å². The Labute approximate surface area is 126 Å². The van der Waals surface area contributed by atoms with E-state index in [0.717, 1.165) is 12.0 Å². The highest BCUT2D eigenvalue weighted by Gasteiger charge is 2.29. The van der Waals surface area contributed by atoms with Crippen LogP contribution in [0.15, 0.2) is 42.7 Å². The minimum Gasteiger partial charge on any atom is -0.387 e. The molecule has 0 bridgehead atoms. The zero-order valence-corrected chi connectivity index (χ0v) is 12.6. The van der Waals surface area contributed by atoms with Gasteiger partial charge in [-0.15, -0.1) is 0 Å². The molecule has 1 aromatic heterocycles. The molecular weight excluding hydrogens is 260 g/mol. The second-order valence-electron chi connectivity index (χ2n) is 5.97. The van der Waals surface area contributed by atoms with E-state index in [1.165, 1.54) is 16.7 Å². The lowest BCUT2D eigenvalue weighted by Gasteiger charge is -2.18. The molecule has 3 nitrogen and oxygen atoms in total. The van der Waals surface area contributed by atoms with Crippen molar-refractivity contribution in [2.75, 3.05) is 6.54 Å². The number of benzene rings is 1. The fourth-order valence-corrected chi connectivity index (χ4v) is 3.43. The minimum absolute atomic E-state index is 0.339. The van der Waals surface area contributed by atoms with Gasteiger partial charge in [0.2, 0.25) is 0 Å². The fraction of sp³-hybridized carbons (Fsp3) is 0.389. The number of hydrogen-bond acceptors (Lipinski definition) is 3. The Balaban J connectivity index is 1.69. The SMILES string of the molecule is Cc1cccc2c1[C@H](C)C[C@H]2NC[C@H](O)c1ccncc1. The van der Waals surface area contributed by atoms with E-state index in [4.69, 9.17) is 0 Å². The number of fused-ring (bicyclic) bond motifs is 1. The Morgan fingerprint density at radius 3 is 2.81 bits per heavy atom. The highest BCUT2D eigenvalue weighted by molar-refractivity contribution is 5.43. The van der Waals surface area contributed by atoms with Gasteiger partial charge in [-0.3, -0.25) is 4.98 Å². The zero-order chi connectivity index (χ0) is 14.8. The predicted octanol–water partition coefficient (Wildman–Crippen LogP) is 3.26. The third kappa shape index (κ3) is 2.85. The van der Waals surface area contributed by atoms with E-state index in [0.29, 0.717) is 18.5 Å². The maximum absolute atomic E-state index is 10.3. The number of hydrogen-bond donors (Lipinski definition) is 2. The Kier molecular flexibility index (Phi) is 4.04. The monoisotopic (exact) mass is 282 g/mol. The van der Waals surface area contributed by atoms with E-state index in [2.05, 4.69) is 42.3 Å². The molecule has 21 heavy (non-hydrogen) atoms. The van der Waals surface area contributed by atoms with E-state index < -0.39 is 6.10 Å². The molecule has 1 aliphatic rings. The summed E-state index contributed by atoms with van der Waals surface area (Å²) >= 11 is 0. The van der Waals surface area contributed by atoms with Gasteiger partial charge in [0, 0.05) is 25.0 Å². The molecule has 2 aromatic rings. The number of aliphatic hydroxyl groups is 1. The summed E-state index contributed by atoms with van der Waals surface area (Å²) in [6, 6.07) is 10.6. The smallest absolute Gasteiger partial charge is 0.0915 e. The first-order chi connectivity index (χ1) is 10.2. The number of pyridine rings is 1. The highest BCUT2D eigenvalue weighted by Crippen LogP contribution is 2.41. The molecule has 0 unspecified atom stereocenters. The Morgan fingerprint density at radius 1 is 1.29 bits per heavy atom. The predicted molar refractivity (Wildman–Crippen MR) is 84.2 cm³/mol. The molecule has 0 saturated heterocycles. The molecule has 110 valence electrons. The minimum atomic E-state index is -0.489. The normalized spacial score (nSPS) is 22.0. The van der Waals surface area contributed by atoms with E-state index in [1.807, 2.05) is 12.1 Å². The number of aliphatic hydroxyl groups excluding tert-OH is 1. The number of rotatable bonds is 4. The quantitative estimate of drug-likeness (QED) is 0.904. The Morgan fingerprint density at radius 2 is 2.05 bits per heavy atom. The average Bonchev–Trinajstić information content (AvgIpc) is 2.83. The van der Waals surface area contributed by atoms with Crippen LogP contribution in [-0.4, -0.2) is 16.6 Å². The number of nitrogens with one attached hydrogen (secondary N) is 1. The summed E-state index contributed by atoms with van der Waals surface area (Å²) in [6.07, 6.45) is 4.05. The molecule has 1 heterocycles. The molecule has 0 saturated carbocycles. The molecule has 0 radical (unpaired) electrons. The van der Waals surface area contributed by atoms with Gasteiger partial charge in [-0.1, -0.05) is 25.1 Å². The van der Waals surface area contributed by atoms with Gasteiger partial charge >= 0.3 is 0 Å². The second-order valence-corrected chi connectivity index (χ2v) is 5.97. The van der Waals surface area contributed by atoms with E-state index in [9.17, 15) is 5.11 Å². The number of aryl methyl sites for hydroxylation is 1. The van der Waals surface area contributed by atoms with E-state index >= 15 is 0 Å². The summed E-state index contributed by atoms with van der Waals surface area (Å²) in [7, 11) is 0. The number of nitrogens with zero attached hydrogens (tertiary/aromatic N) is 1. The molecule has 1 aromatic carbocycles. The summed E-state index contributed by atoms with van der Waals surface area (Å²) < 4.78 is 0. The first kappa shape index (κ1) is 14.2. The first-order valence-corrected chi connectivity index (χ1v) is 7.57. The number of aromatic nitrogens is 1. The summed E-state index contributed by atoms with van der Waals surface area (Å²) in [5, 5.41) is 13.8. The highest BCUT2D eigenvalue weighted by atomic mass is 16.3. The van der Waals surface area contributed by atoms with Gasteiger partial charge in [0.1, 0.15) is 0 Å². The van der Waals surface area contributed by atoms with Crippen molar-refractivity contribution in [2.45, 2.75) is 38.3 Å². The van der Waals surface area contributed by atoms with Crippen molar-refractivity contribution in [3.05, 3.63) is 65.0 Å². The third-order valence-electron chi connectivity index (χ3n) is 4.46. The Hall–Kier alpha value is -1.71. The van der Waals surface area contributed by atoms with Crippen LogP contribution in [0.1, 0.15) is 53.7 Å². The summed E-state index contributed by atoms with van der Waals surface area (Å²) in [6.45, 7) is 5.03. The van der Waals surface area contributed by atoms with Gasteiger partial charge in [-0.2, -0.15) is 0 Å². The van der Waals surface area contributed by atoms with Crippen molar-refractivity contribution >= 4 is 0 Å². The van der Waals surface area contributed by atoms with Crippen LogP contribution in [0.4, 0.5) is 0 Å². The van der Waals surface area contributed by atoms with Crippen LogP contribution < -0.4 is 5.32 Å². The molecule has 3 atom stereocenters. The zero-order valence-electron chi connectivity index (χ0n) is 12.6. The lowest BCUT2D eigenvalue weighted by Crippen LogP contribution is -2.25. The molecule has 3 heteroatoms. The van der Waals surface area contributed by atoms with Crippen LogP contribution in [0, 0.1) is 6.92 Å². The van der Waals surface area contributed by atoms with Gasteiger partial charge in [0.25, 0.3) is 0 Å². The Bertz CT molecular complexity index is 612. The molecule has 0 amide bonds. The van der Waals surface area contributed by atoms with Crippen LogP contribution >= 0.6 is 0 Å². The lowest BCUT2D eigenvalue weighted by atomic mass is 9.98. The molecule has 2 N–H and O–H groups in total. The van der Waals surface area contributed by atoms with Gasteiger partial charge < -0.3 is 10.4 Å². The second kappa shape index (κ2) is 5.96. The van der Waals surface area contributed by atoms with Gasteiger partial charge in [-0.25, -0.2) is 0 Å². The largest absolute Gasteiger partial charge is 0.387 e. The van der Waals surface area contributed by atoms with Crippen molar-refractivity contribution < 1.29 is 5.11 Å². The summed E-state index contributed by atoms with van der Waals surface area (Å²) in [5.74, 6) is 0.580. The molecule has 3 rings (SSSR count). The van der Waals surface area contributed by atoms with Crippen molar-refractivity contribution in [1.29, 1.82) is 0 Å². The topological polar surface area (TPSA) is 45.1 Å². The molecule has 1 aliphatic carbocycles. The maximum atomic E-state index is 10.3. The molecular formula is C18H22N2O. The maximum Gasteiger partial charge on any atom is 0.0915 e. The van der Waals surface area contributed by atoms with Gasteiger partial charge in [0.05, 0.1) is 6.10 Å². The van der Waals surface area contributed by atoms with E-state index in [-0.39, 0.29) is 0 Å². The molecule has 0 aliphatic heterocycles. The molecule has 0 spiro atoms. The van der Waals surface area contributed by atoms with Crippen LogP contribution in [0.25, 0.3) is 0 Å². The van der Waals surface area contributed by atoms with Crippen LogP contribution in [0.2, 0.25) is 0 Å². The standard InChI is InChI=1S/C18H22N2O/c1-12-4-3-5-15-16(10-13(2)18(12)15)20-11-17(21)14-6-8-19-9-7-14/h3-9,13,16-17,20-21H,10-11H2,1-2H3/t13-,16-,17+/m1/s1. The van der Waals surface area contributed by atoms with Crippen LogP contribution in [0.3, 0.4) is 0 Å². The van der Waals surface area contributed by atoms with Gasteiger partial charge in [-0.05, 0) is 53.6 Å². The summed E-state index contributed by atoms with van der Waals surface area (Å²) in [4.78, 5) is 3.98. The molecule has 0 fully saturated rings. The average molecular weight is 282 g/mol. The first-order valence-electron chi connectivity index (χ1n) is 7.57. The fourth-order valence-electron chi connectivity index (χ4n) is 3.43. The third-order valence-corrected chi connectivity index (χ3v) is 4.46. The van der Waals surface area contributed by atoms with E-state index in [1.54, 1.807) is 12.4 Å². The van der Waals surface area contributed by atoms with Crippen molar-refractivity contribution in [3.63, 3.8) is 0 Å². The van der Waals surface area contributed by atoms with Crippen LogP contribution in [0.5, 0.6) is 0 Å². The van der Waals surface area contributed by atoms with Crippen molar-refractivity contribution in [1.82, 2.24) is 10.3 Å². The lowest BCUT2D eigenvalue weighted by molar-refractivity contribution is 0.169. The van der Waals surface area contributed by atoms with Crippen molar-refractivity contribution in [3.8, 4) is 0 Å². The summed E-state index contributed by atoms with van der Waals surface area (Å²) in [5.41, 5.74) is 5.16. The van der Waals surface area contributed by atoms with Crippen LogP contribution in [-0.2, 0) is 0 Å². The van der Waals surface area contributed by atoms with Crippen molar-refractivity contribution in [2.24, 2.45) is 0 Å².